The van der Waals surface area contributed by atoms with Gasteiger partial charge in [-0.3, -0.25) is 9.89 Å². The fourth-order valence-electron chi connectivity index (χ4n) is 2.63. The minimum atomic E-state index is 0.0421. The fraction of sp³-hybridized carbons (Fsp3) is 0.375. The Bertz CT molecular complexity index is 600. The van der Waals surface area contributed by atoms with Crippen molar-refractivity contribution in [2.45, 2.75) is 6.92 Å². The number of rotatable bonds is 3. The van der Waals surface area contributed by atoms with Gasteiger partial charge < -0.3 is 9.80 Å². The van der Waals surface area contributed by atoms with Crippen molar-refractivity contribution in [1.82, 2.24) is 20.0 Å². The maximum absolute atomic E-state index is 12.5. The van der Waals surface area contributed by atoms with Crippen LogP contribution in [-0.2, 0) is 0 Å². The second kappa shape index (κ2) is 6.10. The van der Waals surface area contributed by atoms with E-state index in [1.54, 1.807) is 0 Å². The van der Waals surface area contributed by atoms with E-state index in [2.05, 4.69) is 22.0 Å². The lowest BCUT2D eigenvalue weighted by molar-refractivity contribution is 0.0637. The van der Waals surface area contributed by atoms with Gasteiger partial charge in [0.1, 0.15) is 5.69 Å². The molecule has 0 bridgehead atoms. The van der Waals surface area contributed by atoms with E-state index < -0.39 is 0 Å². The van der Waals surface area contributed by atoms with Gasteiger partial charge in [-0.15, -0.1) is 0 Å². The van der Waals surface area contributed by atoms with E-state index in [0.29, 0.717) is 5.69 Å². The minimum Gasteiger partial charge on any atom is -0.335 e. The largest absolute Gasteiger partial charge is 0.335 e. The first-order chi connectivity index (χ1) is 10.3. The van der Waals surface area contributed by atoms with Gasteiger partial charge in [0.25, 0.3) is 5.91 Å². The number of benzene rings is 1. The summed E-state index contributed by atoms with van der Waals surface area (Å²) in [6.07, 6.45) is 0. The molecule has 110 valence electrons. The van der Waals surface area contributed by atoms with Crippen LogP contribution in [-0.4, -0.2) is 58.6 Å². The van der Waals surface area contributed by atoms with E-state index in [-0.39, 0.29) is 5.91 Å². The highest BCUT2D eigenvalue weighted by molar-refractivity contribution is 5.93. The molecule has 1 aliphatic rings. The molecule has 1 fully saturated rings. The van der Waals surface area contributed by atoms with Crippen LogP contribution >= 0.6 is 0 Å². The van der Waals surface area contributed by atoms with E-state index >= 15 is 0 Å². The Morgan fingerprint density at radius 3 is 2.57 bits per heavy atom. The van der Waals surface area contributed by atoms with E-state index in [9.17, 15) is 4.79 Å². The number of likely N-dealkylation sites (N-methyl/N-ethyl adjacent to an activating group) is 1. The number of nitrogens with zero attached hydrogens (tertiary/aromatic N) is 3. The summed E-state index contributed by atoms with van der Waals surface area (Å²) in [6.45, 7) is 6.66. The van der Waals surface area contributed by atoms with Crippen molar-refractivity contribution in [1.29, 1.82) is 0 Å². The molecule has 3 rings (SSSR count). The molecule has 1 saturated heterocycles. The Balaban J connectivity index is 1.70. The third-order valence-electron chi connectivity index (χ3n) is 3.98. The lowest BCUT2D eigenvalue weighted by Crippen LogP contribution is -2.48. The van der Waals surface area contributed by atoms with Crippen LogP contribution in [0, 0.1) is 0 Å². The van der Waals surface area contributed by atoms with Crippen LogP contribution in [0.3, 0.4) is 0 Å². The molecule has 0 radical (unpaired) electrons. The molecular formula is C16H20N4O. The number of hydrogen-bond donors (Lipinski definition) is 1. The van der Waals surface area contributed by atoms with Crippen molar-refractivity contribution in [3.8, 4) is 11.3 Å². The van der Waals surface area contributed by atoms with Crippen LogP contribution in [0.5, 0.6) is 0 Å². The Labute approximate surface area is 124 Å². The van der Waals surface area contributed by atoms with Crippen molar-refractivity contribution in [3.63, 3.8) is 0 Å². The number of aromatic nitrogens is 2. The normalized spacial score (nSPS) is 16.1. The zero-order valence-corrected chi connectivity index (χ0v) is 12.2. The molecule has 0 unspecified atom stereocenters. The van der Waals surface area contributed by atoms with Crippen LogP contribution < -0.4 is 0 Å². The topological polar surface area (TPSA) is 52.2 Å². The highest BCUT2D eigenvalue weighted by Gasteiger charge is 2.22. The average Bonchev–Trinajstić information content (AvgIpc) is 3.05. The monoisotopic (exact) mass is 284 g/mol. The first-order valence-electron chi connectivity index (χ1n) is 7.40. The van der Waals surface area contributed by atoms with Crippen molar-refractivity contribution in [2.24, 2.45) is 0 Å². The number of carbonyl (C=O) groups excluding carboxylic acids is 1. The summed E-state index contributed by atoms with van der Waals surface area (Å²) in [5.74, 6) is 0.0421. The van der Waals surface area contributed by atoms with Gasteiger partial charge in [-0.05, 0) is 12.6 Å². The molecule has 5 heteroatoms. The van der Waals surface area contributed by atoms with Gasteiger partial charge in [-0.2, -0.15) is 5.10 Å². The quantitative estimate of drug-likeness (QED) is 0.936. The Kier molecular flexibility index (Phi) is 4.01. The van der Waals surface area contributed by atoms with Crippen LogP contribution in [0.25, 0.3) is 11.3 Å². The van der Waals surface area contributed by atoms with Crippen molar-refractivity contribution in [2.75, 3.05) is 32.7 Å². The predicted molar refractivity (Wildman–Crippen MR) is 82.0 cm³/mol. The molecule has 0 aliphatic carbocycles. The molecule has 1 aliphatic heterocycles. The van der Waals surface area contributed by atoms with Gasteiger partial charge in [0.15, 0.2) is 0 Å². The number of aromatic amines is 1. The summed E-state index contributed by atoms with van der Waals surface area (Å²) in [7, 11) is 0. The Morgan fingerprint density at radius 1 is 1.19 bits per heavy atom. The highest BCUT2D eigenvalue weighted by Crippen LogP contribution is 2.18. The second-order valence-electron chi connectivity index (χ2n) is 5.26. The standard InChI is InChI=1S/C16H20N4O/c1-2-19-8-10-20(11-9-19)16(21)15-12-14(17-18-15)13-6-4-3-5-7-13/h3-7,12H,2,8-11H2,1H3,(H,17,18). The molecular weight excluding hydrogens is 264 g/mol. The number of hydrogen-bond acceptors (Lipinski definition) is 3. The Hall–Kier alpha value is -2.14. The van der Waals surface area contributed by atoms with Gasteiger partial charge in [-0.1, -0.05) is 37.3 Å². The number of nitrogens with one attached hydrogen (secondary N) is 1. The number of carbonyl (C=O) groups is 1. The summed E-state index contributed by atoms with van der Waals surface area (Å²) in [5, 5.41) is 7.12. The predicted octanol–water partition coefficient (Wildman–Crippen LogP) is 1.85. The van der Waals surface area contributed by atoms with Crippen LogP contribution in [0.1, 0.15) is 17.4 Å². The van der Waals surface area contributed by atoms with Crippen molar-refractivity contribution < 1.29 is 4.79 Å². The highest BCUT2D eigenvalue weighted by atomic mass is 16.2. The summed E-state index contributed by atoms with van der Waals surface area (Å²) >= 11 is 0. The van der Waals surface area contributed by atoms with Crippen molar-refractivity contribution in [3.05, 3.63) is 42.1 Å². The summed E-state index contributed by atoms with van der Waals surface area (Å²) < 4.78 is 0. The summed E-state index contributed by atoms with van der Waals surface area (Å²) in [6, 6.07) is 11.7. The number of H-pyrrole nitrogens is 1. The molecule has 1 aromatic heterocycles. The number of amides is 1. The molecule has 21 heavy (non-hydrogen) atoms. The molecule has 0 spiro atoms. The maximum atomic E-state index is 12.5. The molecule has 0 saturated carbocycles. The van der Waals surface area contributed by atoms with E-state index in [4.69, 9.17) is 0 Å². The smallest absolute Gasteiger partial charge is 0.271 e. The van der Waals surface area contributed by atoms with E-state index in [0.717, 1.165) is 44.0 Å². The lowest BCUT2D eigenvalue weighted by atomic mass is 10.1. The molecule has 1 amide bonds. The lowest BCUT2D eigenvalue weighted by Gasteiger charge is -2.33. The van der Waals surface area contributed by atoms with Crippen LogP contribution in [0.2, 0.25) is 0 Å². The molecule has 1 N–H and O–H groups in total. The molecule has 1 aromatic carbocycles. The minimum absolute atomic E-state index is 0.0421. The zero-order valence-electron chi connectivity index (χ0n) is 12.2. The third kappa shape index (κ3) is 2.97. The first kappa shape index (κ1) is 13.8. The van der Waals surface area contributed by atoms with Gasteiger partial charge in [0.05, 0.1) is 5.69 Å². The third-order valence-corrected chi connectivity index (χ3v) is 3.98. The maximum Gasteiger partial charge on any atom is 0.271 e. The molecule has 2 heterocycles. The first-order valence-corrected chi connectivity index (χ1v) is 7.40. The van der Waals surface area contributed by atoms with E-state index in [1.807, 2.05) is 41.3 Å². The molecule has 5 nitrogen and oxygen atoms in total. The van der Waals surface area contributed by atoms with Crippen molar-refractivity contribution >= 4 is 5.91 Å². The average molecular weight is 284 g/mol. The fourth-order valence-corrected chi connectivity index (χ4v) is 2.63. The van der Waals surface area contributed by atoms with Gasteiger partial charge in [-0.25, -0.2) is 0 Å². The molecule has 0 atom stereocenters. The van der Waals surface area contributed by atoms with Gasteiger partial charge in [0, 0.05) is 31.7 Å². The van der Waals surface area contributed by atoms with Gasteiger partial charge in [0.2, 0.25) is 0 Å². The van der Waals surface area contributed by atoms with Crippen LogP contribution in [0.15, 0.2) is 36.4 Å². The van der Waals surface area contributed by atoms with Gasteiger partial charge >= 0.3 is 0 Å². The van der Waals surface area contributed by atoms with Crippen LogP contribution in [0.4, 0.5) is 0 Å². The molecule has 2 aromatic rings. The second-order valence-corrected chi connectivity index (χ2v) is 5.26. The van der Waals surface area contributed by atoms with E-state index in [1.165, 1.54) is 0 Å². The summed E-state index contributed by atoms with van der Waals surface area (Å²) in [5.41, 5.74) is 2.40. The number of piperazine rings is 1. The zero-order chi connectivity index (χ0) is 14.7. The Morgan fingerprint density at radius 2 is 1.90 bits per heavy atom. The summed E-state index contributed by atoms with van der Waals surface area (Å²) in [4.78, 5) is 16.7. The SMILES string of the molecule is CCN1CCN(C(=O)c2cc(-c3ccccc3)n[nH]2)CC1.